The third-order valence-electron chi connectivity index (χ3n) is 3.70. The van der Waals surface area contributed by atoms with Crippen molar-refractivity contribution < 1.29 is 14.1 Å². The van der Waals surface area contributed by atoms with Gasteiger partial charge in [0.1, 0.15) is 5.82 Å². The number of nitrogens with zero attached hydrogens (tertiary/aromatic N) is 2. The van der Waals surface area contributed by atoms with Gasteiger partial charge < -0.3 is 10.2 Å². The lowest BCUT2D eigenvalue weighted by atomic mass is 10.1. The van der Waals surface area contributed by atoms with Gasteiger partial charge >= 0.3 is 0 Å². The average molecular weight is 345 g/mol. The van der Waals surface area contributed by atoms with Gasteiger partial charge in [0, 0.05) is 25.2 Å². The molecule has 0 spiro atoms. The van der Waals surface area contributed by atoms with E-state index in [0.29, 0.717) is 13.0 Å². The van der Waals surface area contributed by atoms with Crippen LogP contribution in [0, 0.1) is 15.9 Å². The lowest BCUT2D eigenvalue weighted by Crippen LogP contribution is -2.28. The third kappa shape index (κ3) is 5.65. The van der Waals surface area contributed by atoms with Crippen molar-refractivity contribution in [1.82, 2.24) is 10.2 Å². The van der Waals surface area contributed by atoms with E-state index in [1.807, 2.05) is 37.4 Å². The van der Waals surface area contributed by atoms with Crippen molar-refractivity contribution in [3.8, 4) is 0 Å². The molecule has 0 saturated carbocycles. The third-order valence-corrected chi connectivity index (χ3v) is 3.70. The Morgan fingerprint density at radius 2 is 1.96 bits per heavy atom. The fourth-order valence-corrected chi connectivity index (χ4v) is 2.42. The van der Waals surface area contributed by atoms with E-state index in [2.05, 4.69) is 10.2 Å². The molecule has 1 N–H and O–H groups in total. The molecular formula is C18H20FN3O3. The van der Waals surface area contributed by atoms with Gasteiger partial charge in [-0.2, -0.15) is 0 Å². The molecule has 25 heavy (non-hydrogen) atoms. The van der Waals surface area contributed by atoms with Crippen molar-refractivity contribution in [3.63, 3.8) is 0 Å². The first-order valence-corrected chi connectivity index (χ1v) is 7.92. The van der Waals surface area contributed by atoms with Crippen LogP contribution in [0.1, 0.15) is 22.3 Å². The van der Waals surface area contributed by atoms with Gasteiger partial charge in [0.05, 0.1) is 10.5 Å². The van der Waals surface area contributed by atoms with Crippen LogP contribution in [0.2, 0.25) is 0 Å². The van der Waals surface area contributed by atoms with Crippen molar-refractivity contribution in [1.29, 1.82) is 0 Å². The van der Waals surface area contributed by atoms with E-state index in [0.717, 1.165) is 31.3 Å². The monoisotopic (exact) mass is 345 g/mol. The Morgan fingerprint density at radius 3 is 2.64 bits per heavy atom. The molecule has 0 aliphatic heterocycles. The van der Waals surface area contributed by atoms with E-state index in [4.69, 9.17) is 0 Å². The number of hydrogen-bond donors (Lipinski definition) is 1. The van der Waals surface area contributed by atoms with Crippen LogP contribution >= 0.6 is 0 Å². The predicted molar refractivity (Wildman–Crippen MR) is 92.8 cm³/mol. The van der Waals surface area contributed by atoms with Crippen molar-refractivity contribution in [2.24, 2.45) is 0 Å². The standard InChI is InChI=1S/C18H20FN3O3/c1-21(13-14-6-3-2-4-7-14)11-5-10-20-18(23)16-12-15(22(24)25)8-9-17(16)19/h2-4,6-9,12H,5,10-11,13H2,1H3,(H,20,23). The first kappa shape index (κ1) is 18.5. The lowest BCUT2D eigenvalue weighted by Gasteiger charge is -2.16. The van der Waals surface area contributed by atoms with E-state index in [1.54, 1.807) is 0 Å². The summed E-state index contributed by atoms with van der Waals surface area (Å²) in [5.74, 6) is -1.42. The van der Waals surface area contributed by atoms with E-state index in [-0.39, 0.29) is 11.3 Å². The van der Waals surface area contributed by atoms with Crippen LogP contribution in [-0.4, -0.2) is 35.9 Å². The van der Waals surface area contributed by atoms with Crippen molar-refractivity contribution in [2.45, 2.75) is 13.0 Å². The number of benzene rings is 2. The molecule has 0 aliphatic carbocycles. The van der Waals surface area contributed by atoms with Gasteiger partial charge in [-0.15, -0.1) is 0 Å². The molecule has 6 nitrogen and oxygen atoms in total. The van der Waals surface area contributed by atoms with E-state index >= 15 is 0 Å². The van der Waals surface area contributed by atoms with Crippen LogP contribution in [0.4, 0.5) is 10.1 Å². The summed E-state index contributed by atoms with van der Waals surface area (Å²) in [7, 11) is 1.98. The Morgan fingerprint density at radius 1 is 1.24 bits per heavy atom. The van der Waals surface area contributed by atoms with Crippen LogP contribution in [0.3, 0.4) is 0 Å². The molecule has 0 unspecified atom stereocenters. The Kier molecular flexibility index (Phi) is 6.59. The van der Waals surface area contributed by atoms with Crippen LogP contribution in [0.5, 0.6) is 0 Å². The summed E-state index contributed by atoms with van der Waals surface area (Å²) < 4.78 is 13.7. The molecular weight excluding hydrogens is 325 g/mol. The van der Waals surface area contributed by atoms with Gasteiger partial charge in [-0.1, -0.05) is 30.3 Å². The summed E-state index contributed by atoms with van der Waals surface area (Å²) >= 11 is 0. The maximum absolute atomic E-state index is 13.7. The van der Waals surface area contributed by atoms with Gasteiger partial charge in [-0.05, 0) is 31.6 Å². The molecule has 0 heterocycles. The zero-order valence-corrected chi connectivity index (χ0v) is 13.9. The molecule has 132 valence electrons. The summed E-state index contributed by atoms with van der Waals surface area (Å²) in [6, 6.07) is 12.9. The first-order chi connectivity index (χ1) is 12.0. The second-order valence-corrected chi connectivity index (χ2v) is 5.75. The highest BCUT2D eigenvalue weighted by atomic mass is 19.1. The number of rotatable bonds is 8. The number of nitrogens with one attached hydrogen (secondary N) is 1. The van der Waals surface area contributed by atoms with Crippen molar-refractivity contribution >= 4 is 11.6 Å². The number of halogens is 1. The molecule has 0 atom stereocenters. The number of nitro benzene ring substituents is 1. The summed E-state index contributed by atoms with van der Waals surface area (Å²) in [5, 5.41) is 13.3. The van der Waals surface area contributed by atoms with Crippen LogP contribution < -0.4 is 5.32 Å². The fraction of sp³-hybridized carbons (Fsp3) is 0.278. The Bertz CT molecular complexity index is 738. The van der Waals surface area contributed by atoms with E-state index in [1.165, 1.54) is 5.56 Å². The predicted octanol–water partition coefficient (Wildman–Crippen LogP) is 2.99. The molecule has 0 fully saturated rings. The van der Waals surface area contributed by atoms with Crippen LogP contribution in [0.15, 0.2) is 48.5 Å². The summed E-state index contributed by atoms with van der Waals surface area (Å²) in [6.07, 6.45) is 0.686. The molecule has 1 amide bonds. The largest absolute Gasteiger partial charge is 0.352 e. The van der Waals surface area contributed by atoms with Gasteiger partial charge in [0.2, 0.25) is 0 Å². The highest BCUT2D eigenvalue weighted by Crippen LogP contribution is 2.16. The average Bonchev–Trinajstić information content (AvgIpc) is 2.59. The number of non-ortho nitro benzene ring substituents is 1. The molecule has 2 rings (SSSR count). The molecule has 2 aromatic rings. The normalized spacial score (nSPS) is 10.7. The zero-order chi connectivity index (χ0) is 18.2. The molecule has 0 radical (unpaired) electrons. The highest BCUT2D eigenvalue weighted by molar-refractivity contribution is 5.95. The minimum Gasteiger partial charge on any atom is -0.352 e. The lowest BCUT2D eigenvalue weighted by molar-refractivity contribution is -0.384. The van der Waals surface area contributed by atoms with Gasteiger partial charge in [0.25, 0.3) is 11.6 Å². The van der Waals surface area contributed by atoms with E-state index in [9.17, 15) is 19.3 Å². The van der Waals surface area contributed by atoms with Crippen molar-refractivity contribution in [3.05, 3.63) is 75.6 Å². The Hall–Kier alpha value is -2.80. The number of nitro groups is 1. The quantitative estimate of drug-likeness (QED) is 0.453. The van der Waals surface area contributed by atoms with Gasteiger partial charge in [-0.25, -0.2) is 4.39 Å². The van der Waals surface area contributed by atoms with Crippen LogP contribution in [0.25, 0.3) is 0 Å². The number of hydrogen-bond acceptors (Lipinski definition) is 4. The molecule has 0 aliphatic rings. The topological polar surface area (TPSA) is 75.5 Å². The van der Waals surface area contributed by atoms with Gasteiger partial charge in [0.15, 0.2) is 0 Å². The van der Waals surface area contributed by atoms with Crippen LogP contribution in [-0.2, 0) is 6.54 Å². The molecule has 0 aromatic heterocycles. The first-order valence-electron chi connectivity index (χ1n) is 7.92. The second-order valence-electron chi connectivity index (χ2n) is 5.75. The minimum absolute atomic E-state index is 0.311. The molecule has 7 heteroatoms. The number of carbonyl (C=O) groups is 1. The van der Waals surface area contributed by atoms with Gasteiger partial charge in [-0.3, -0.25) is 14.9 Å². The fourth-order valence-electron chi connectivity index (χ4n) is 2.42. The van der Waals surface area contributed by atoms with Crippen molar-refractivity contribution in [2.75, 3.05) is 20.1 Å². The highest BCUT2D eigenvalue weighted by Gasteiger charge is 2.16. The Labute approximate surface area is 145 Å². The maximum Gasteiger partial charge on any atom is 0.270 e. The minimum atomic E-state index is -0.774. The molecule has 0 bridgehead atoms. The number of carbonyl (C=O) groups excluding carboxylic acids is 1. The summed E-state index contributed by atoms with van der Waals surface area (Å²) in [6.45, 7) is 1.92. The summed E-state index contributed by atoms with van der Waals surface area (Å²) in [5.41, 5.74) is 0.577. The number of amides is 1. The smallest absolute Gasteiger partial charge is 0.270 e. The molecule has 0 saturated heterocycles. The van der Waals surface area contributed by atoms with E-state index < -0.39 is 16.6 Å². The zero-order valence-electron chi connectivity index (χ0n) is 13.9. The summed E-state index contributed by atoms with van der Waals surface area (Å²) in [4.78, 5) is 24.2. The Balaban J connectivity index is 1.79. The second kappa shape index (κ2) is 8.89. The maximum atomic E-state index is 13.7. The SMILES string of the molecule is CN(CCCNC(=O)c1cc([N+](=O)[O-])ccc1F)Cc1ccccc1. The molecule has 2 aromatic carbocycles.